The summed E-state index contributed by atoms with van der Waals surface area (Å²) in [6, 6.07) is 3.46. The van der Waals surface area contributed by atoms with E-state index in [9.17, 15) is 4.79 Å². The van der Waals surface area contributed by atoms with Gasteiger partial charge in [0, 0.05) is 5.69 Å². The molecule has 0 saturated carbocycles. The summed E-state index contributed by atoms with van der Waals surface area (Å²) in [6.45, 7) is 4.15. The van der Waals surface area contributed by atoms with Crippen LogP contribution < -0.4 is 11.1 Å². The van der Waals surface area contributed by atoms with Gasteiger partial charge in [-0.05, 0) is 31.5 Å². The topological polar surface area (TPSA) is 64.3 Å². The van der Waals surface area contributed by atoms with Crippen LogP contribution in [-0.4, -0.2) is 19.1 Å². The highest BCUT2D eigenvalue weighted by molar-refractivity contribution is 6.33. The molecule has 0 amide bonds. The Hall–Kier alpha value is -1.42. The Bertz CT molecular complexity index is 394. The number of benzene rings is 1. The molecule has 1 rings (SSSR count). The number of hydrogen-bond acceptors (Lipinski definition) is 4. The average molecular weight is 243 g/mol. The minimum absolute atomic E-state index is 0.120. The van der Waals surface area contributed by atoms with Gasteiger partial charge in [0.25, 0.3) is 0 Å². The van der Waals surface area contributed by atoms with Crippen molar-refractivity contribution in [3.63, 3.8) is 0 Å². The van der Waals surface area contributed by atoms with Crippen LogP contribution in [0.1, 0.15) is 12.5 Å². The number of aryl methyl sites for hydroxylation is 1. The van der Waals surface area contributed by atoms with E-state index < -0.39 is 0 Å². The predicted molar refractivity (Wildman–Crippen MR) is 65.7 cm³/mol. The standard InChI is InChI=1S/C11H15ClN2O2/c1-3-16-11(15)6-14-10-5-8(12)9(13)4-7(10)2/h4-5,14H,3,6,13H2,1-2H3. The Balaban J connectivity index is 2.67. The Kier molecular flexibility index (Phi) is 4.43. The van der Waals surface area contributed by atoms with Crippen LogP contribution in [0.2, 0.25) is 5.02 Å². The van der Waals surface area contributed by atoms with Crippen LogP contribution in [0.5, 0.6) is 0 Å². The second kappa shape index (κ2) is 5.61. The van der Waals surface area contributed by atoms with Crippen LogP contribution >= 0.6 is 11.6 Å². The van der Waals surface area contributed by atoms with Crippen molar-refractivity contribution in [2.24, 2.45) is 0 Å². The molecule has 5 heteroatoms. The number of carbonyl (C=O) groups is 1. The Morgan fingerprint density at radius 2 is 2.25 bits per heavy atom. The minimum Gasteiger partial charge on any atom is -0.465 e. The summed E-state index contributed by atoms with van der Waals surface area (Å²) in [7, 11) is 0. The molecule has 0 radical (unpaired) electrons. The van der Waals surface area contributed by atoms with Crippen molar-refractivity contribution in [2.45, 2.75) is 13.8 Å². The molecule has 0 aromatic heterocycles. The number of anilines is 2. The number of esters is 1. The van der Waals surface area contributed by atoms with Crippen molar-refractivity contribution in [1.29, 1.82) is 0 Å². The van der Waals surface area contributed by atoms with Crippen molar-refractivity contribution in [2.75, 3.05) is 24.2 Å². The quantitative estimate of drug-likeness (QED) is 0.628. The van der Waals surface area contributed by atoms with E-state index in [1.807, 2.05) is 6.92 Å². The highest BCUT2D eigenvalue weighted by atomic mass is 35.5. The molecule has 4 nitrogen and oxygen atoms in total. The van der Waals surface area contributed by atoms with Crippen molar-refractivity contribution < 1.29 is 9.53 Å². The van der Waals surface area contributed by atoms with Gasteiger partial charge in [-0.25, -0.2) is 0 Å². The van der Waals surface area contributed by atoms with Crippen LogP contribution in [0.4, 0.5) is 11.4 Å². The SMILES string of the molecule is CCOC(=O)CNc1cc(Cl)c(N)cc1C. The van der Waals surface area contributed by atoms with Gasteiger partial charge in [0.05, 0.1) is 17.3 Å². The molecule has 16 heavy (non-hydrogen) atoms. The molecule has 0 aliphatic carbocycles. The lowest BCUT2D eigenvalue weighted by Crippen LogP contribution is -2.17. The van der Waals surface area contributed by atoms with Gasteiger partial charge in [-0.3, -0.25) is 4.79 Å². The first-order chi connectivity index (χ1) is 7.54. The second-order valence-corrected chi connectivity index (χ2v) is 3.75. The third kappa shape index (κ3) is 3.31. The zero-order chi connectivity index (χ0) is 12.1. The van der Waals surface area contributed by atoms with E-state index in [0.717, 1.165) is 11.3 Å². The third-order valence-electron chi connectivity index (χ3n) is 2.07. The lowest BCUT2D eigenvalue weighted by molar-refractivity contribution is -0.140. The largest absolute Gasteiger partial charge is 0.465 e. The van der Waals surface area contributed by atoms with E-state index in [2.05, 4.69) is 5.32 Å². The molecule has 1 aromatic carbocycles. The smallest absolute Gasteiger partial charge is 0.325 e. The highest BCUT2D eigenvalue weighted by Gasteiger charge is 2.06. The number of hydrogen-bond donors (Lipinski definition) is 2. The normalized spacial score (nSPS) is 9.94. The van der Waals surface area contributed by atoms with Crippen LogP contribution in [0.15, 0.2) is 12.1 Å². The number of nitrogens with two attached hydrogens (primary N) is 1. The number of halogens is 1. The maximum absolute atomic E-state index is 11.1. The van der Waals surface area contributed by atoms with Gasteiger partial charge in [-0.15, -0.1) is 0 Å². The predicted octanol–water partition coefficient (Wildman–Crippen LogP) is 2.21. The maximum atomic E-state index is 11.1. The van der Waals surface area contributed by atoms with Crippen LogP contribution in [0, 0.1) is 6.92 Å². The first-order valence-electron chi connectivity index (χ1n) is 4.99. The zero-order valence-electron chi connectivity index (χ0n) is 9.34. The molecule has 0 atom stereocenters. The minimum atomic E-state index is -0.296. The Morgan fingerprint density at radius 1 is 1.56 bits per heavy atom. The summed E-state index contributed by atoms with van der Waals surface area (Å²) in [4.78, 5) is 11.1. The fraction of sp³-hybridized carbons (Fsp3) is 0.364. The highest BCUT2D eigenvalue weighted by Crippen LogP contribution is 2.26. The van der Waals surface area contributed by atoms with Gasteiger partial charge in [0.1, 0.15) is 6.54 Å². The molecule has 0 fully saturated rings. The van der Waals surface area contributed by atoms with E-state index in [-0.39, 0.29) is 12.5 Å². The van der Waals surface area contributed by atoms with Gasteiger partial charge in [-0.2, -0.15) is 0 Å². The molecular weight excluding hydrogens is 228 g/mol. The summed E-state index contributed by atoms with van der Waals surface area (Å²) in [5.41, 5.74) is 7.89. The molecule has 0 bridgehead atoms. The van der Waals surface area contributed by atoms with Gasteiger partial charge < -0.3 is 15.8 Å². The molecule has 0 saturated heterocycles. The molecular formula is C11H15ClN2O2. The van der Waals surface area contributed by atoms with Gasteiger partial charge in [0.2, 0.25) is 0 Å². The lowest BCUT2D eigenvalue weighted by atomic mass is 10.2. The van der Waals surface area contributed by atoms with Crippen molar-refractivity contribution >= 4 is 28.9 Å². The Labute approximate surface area is 99.7 Å². The summed E-state index contributed by atoms with van der Waals surface area (Å²) >= 11 is 5.88. The van der Waals surface area contributed by atoms with Crippen molar-refractivity contribution in [3.05, 3.63) is 22.7 Å². The van der Waals surface area contributed by atoms with E-state index in [4.69, 9.17) is 22.1 Å². The fourth-order valence-electron chi connectivity index (χ4n) is 1.27. The van der Waals surface area contributed by atoms with Crippen LogP contribution in [0.3, 0.4) is 0 Å². The lowest BCUT2D eigenvalue weighted by Gasteiger charge is -2.10. The average Bonchev–Trinajstić information content (AvgIpc) is 2.22. The van der Waals surface area contributed by atoms with Crippen molar-refractivity contribution in [3.8, 4) is 0 Å². The second-order valence-electron chi connectivity index (χ2n) is 3.35. The van der Waals surface area contributed by atoms with Gasteiger partial charge in [0.15, 0.2) is 0 Å². The summed E-state index contributed by atoms with van der Waals surface area (Å²) in [6.07, 6.45) is 0. The van der Waals surface area contributed by atoms with E-state index in [1.165, 1.54) is 0 Å². The van der Waals surface area contributed by atoms with Crippen LogP contribution in [-0.2, 0) is 9.53 Å². The first kappa shape index (κ1) is 12.6. The zero-order valence-corrected chi connectivity index (χ0v) is 10.1. The number of ether oxygens (including phenoxy) is 1. The van der Waals surface area contributed by atoms with Gasteiger partial charge in [-0.1, -0.05) is 11.6 Å². The molecule has 3 N–H and O–H groups in total. The summed E-state index contributed by atoms with van der Waals surface area (Å²) < 4.78 is 4.80. The summed E-state index contributed by atoms with van der Waals surface area (Å²) in [5.74, 6) is -0.296. The van der Waals surface area contributed by atoms with E-state index in [0.29, 0.717) is 17.3 Å². The molecule has 88 valence electrons. The molecule has 1 aromatic rings. The molecule has 0 unspecified atom stereocenters. The maximum Gasteiger partial charge on any atom is 0.325 e. The molecule has 0 heterocycles. The van der Waals surface area contributed by atoms with Crippen LogP contribution in [0.25, 0.3) is 0 Å². The number of nitrogens with one attached hydrogen (secondary N) is 1. The van der Waals surface area contributed by atoms with Crippen molar-refractivity contribution in [1.82, 2.24) is 0 Å². The first-order valence-corrected chi connectivity index (χ1v) is 5.37. The van der Waals surface area contributed by atoms with E-state index >= 15 is 0 Å². The monoisotopic (exact) mass is 242 g/mol. The Morgan fingerprint density at radius 3 is 2.88 bits per heavy atom. The van der Waals surface area contributed by atoms with E-state index in [1.54, 1.807) is 19.1 Å². The molecule has 0 spiro atoms. The summed E-state index contributed by atoms with van der Waals surface area (Å²) in [5, 5.41) is 3.42. The third-order valence-corrected chi connectivity index (χ3v) is 2.40. The molecule has 0 aliphatic heterocycles. The number of nitrogen functional groups attached to an aromatic ring is 1. The fourth-order valence-corrected chi connectivity index (χ4v) is 1.44. The molecule has 0 aliphatic rings. The van der Waals surface area contributed by atoms with Gasteiger partial charge >= 0.3 is 5.97 Å². The number of rotatable bonds is 4. The number of carbonyl (C=O) groups excluding carboxylic acids is 1.